The third-order valence-corrected chi connectivity index (χ3v) is 4.51. The van der Waals surface area contributed by atoms with E-state index < -0.39 is 50.1 Å². The molecule has 0 aliphatic rings. The second-order valence-corrected chi connectivity index (χ2v) is 9.95. The van der Waals surface area contributed by atoms with Crippen molar-refractivity contribution in [2.45, 2.75) is 64.9 Å². The molecule has 10 nitrogen and oxygen atoms in total. The van der Waals surface area contributed by atoms with Gasteiger partial charge in [0.15, 0.2) is 0 Å². The van der Waals surface area contributed by atoms with Gasteiger partial charge in [-0.2, -0.15) is 12.6 Å². The molecular formula is C19H25O10S. The van der Waals surface area contributed by atoms with Gasteiger partial charge in [-0.05, 0) is 60.6 Å². The monoisotopic (exact) mass is 445 g/mol. The van der Waals surface area contributed by atoms with Gasteiger partial charge in [0.05, 0.1) is 10.3 Å². The number of hydrogen-bond donors (Lipinski definition) is 0. The minimum absolute atomic E-state index is 0.474. The first kappa shape index (κ1) is 25.4. The van der Waals surface area contributed by atoms with Crippen LogP contribution < -0.4 is 0 Å². The summed E-state index contributed by atoms with van der Waals surface area (Å²) in [5.41, 5.74) is -1.74. The average molecular weight is 445 g/mol. The summed E-state index contributed by atoms with van der Waals surface area (Å²) in [4.78, 5) is 35.7. The molecule has 167 valence electrons. The first-order valence-electron chi connectivity index (χ1n) is 8.77. The summed E-state index contributed by atoms with van der Waals surface area (Å²) >= 11 is 0. The Morgan fingerprint density at radius 1 is 0.833 bits per heavy atom. The maximum atomic E-state index is 12.6. The second kappa shape index (κ2) is 8.60. The first-order chi connectivity index (χ1) is 13.4. The van der Waals surface area contributed by atoms with Gasteiger partial charge in [0, 0.05) is 0 Å². The fraction of sp³-hybridized carbons (Fsp3) is 0.526. The van der Waals surface area contributed by atoms with Gasteiger partial charge in [0.25, 0.3) is 0 Å². The predicted molar refractivity (Wildman–Crippen MR) is 101 cm³/mol. The van der Waals surface area contributed by atoms with Crippen LogP contribution >= 0.6 is 0 Å². The van der Waals surface area contributed by atoms with Crippen molar-refractivity contribution in [3.8, 4) is 0 Å². The van der Waals surface area contributed by atoms with E-state index in [1.165, 1.54) is 53.7 Å². The summed E-state index contributed by atoms with van der Waals surface area (Å²) in [5.74, 6) is -7.44. The number of ether oxygens (including phenoxy) is 3. The van der Waals surface area contributed by atoms with Crippen molar-refractivity contribution in [3.05, 3.63) is 29.8 Å². The van der Waals surface area contributed by atoms with Crippen molar-refractivity contribution in [1.82, 2.24) is 0 Å². The van der Waals surface area contributed by atoms with Crippen molar-refractivity contribution in [1.29, 1.82) is 0 Å². The molecule has 1 unspecified atom stereocenters. The molecule has 0 saturated heterocycles. The van der Waals surface area contributed by atoms with Crippen LogP contribution in [0.5, 0.6) is 0 Å². The molecule has 0 aliphatic heterocycles. The van der Waals surface area contributed by atoms with Crippen LogP contribution in [-0.2, 0) is 43.2 Å². The summed E-state index contributed by atoms with van der Waals surface area (Å²) in [6.45, 7) is 10.1. The zero-order valence-corrected chi connectivity index (χ0v) is 18.6. The Labute approximate surface area is 175 Å². The van der Waals surface area contributed by atoms with E-state index in [1.54, 1.807) is 6.92 Å². The molecule has 0 amide bonds. The number of esters is 1. The summed E-state index contributed by atoms with van der Waals surface area (Å²) < 4.78 is 43.9. The maximum Gasteiger partial charge on any atom is 0.514 e. The van der Waals surface area contributed by atoms with Gasteiger partial charge in [0.1, 0.15) is 5.60 Å². The van der Waals surface area contributed by atoms with Crippen LogP contribution in [0.3, 0.4) is 0 Å². The lowest BCUT2D eigenvalue weighted by Crippen LogP contribution is -2.52. The highest BCUT2D eigenvalue weighted by Crippen LogP contribution is 2.29. The highest BCUT2D eigenvalue weighted by Gasteiger charge is 2.57. The van der Waals surface area contributed by atoms with Crippen LogP contribution in [0, 0.1) is 12.3 Å². The standard InChI is InChI=1S/C19H25O10S/c1-12-8-10-13(11-9-12)30(24,25)29-19(14(20)21,26-15(22)17(2,3)4)28-16(23)27-18(5,6)7/h8-11H,1-7H3. The molecule has 1 aromatic rings. The maximum absolute atomic E-state index is 12.6. The van der Waals surface area contributed by atoms with Gasteiger partial charge < -0.3 is 14.2 Å². The molecule has 11 heteroatoms. The number of hydrogen-bond acceptors (Lipinski definition) is 9. The molecular weight excluding hydrogens is 420 g/mol. The fourth-order valence-corrected chi connectivity index (χ4v) is 2.72. The van der Waals surface area contributed by atoms with E-state index in [9.17, 15) is 27.9 Å². The van der Waals surface area contributed by atoms with Crippen molar-refractivity contribution in [2.75, 3.05) is 0 Å². The first-order valence-corrected chi connectivity index (χ1v) is 10.2. The van der Waals surface area contributed by atoms with Crippen LogP contribution in [-0.4, -0.2) is 38.1 Å². The number of benzene rings is 1. The summed E-state index contributed by atoms with van der Waals surface area (Å²) in [6, 6.07) is 5.10. The molecule has 1 rings (SSSR count). The van der Waals surface area contributed by atoms with Crippen molar-refractivity contribution < 1.29 is 46.3 Å². The summed E-state index contributed by atoms with van der Waals surface area (Å²) in [6.07, 6.45) is -1.66. The highest BCUT2D eigenvalue weighted by atomic mass is 32.2. The minimum atomic E-state index is -4.89. The number of carbonyl (C=O) groups excluding carboxylic acids is 3. The van der Waals surface area contributed by atoms with Crippen LogP contribution in [0.1, 0.15) is 47.1 Å². The van der Waals surface area contributed by atoms with E-state index in [2.05, 4.69) is 8.92 Å². The van der Waals surface area contributed by atoms with E-state index in [-0.39, 0.29) is 0 Å². The number of carbonyl (C=O) groups is 3. The molecule has 0 saturated carbocycles. The molecule has 0 fully saturated rings. The van der Waals surface area contributed by atoms with E-state index >= 15 is 0 Å². The molecule has 0 bridgehead atoms. The fourth-order valence-electron chi connectivity index (χ4n) is 1.73. The van der Waals surface area contributed by atoms with Gasteiger partial charge in [-0.1, -0.05) is 17.7 Å². The number of rotatable bonds is 6. The molecule has 0 aliphatic carbocycles. The van der Waals surface area contributed by atoms with Gasteiger partial charge >= 0.3 is 34.2 Å². The Bertz CT molecular complexity index is 904. The molecule has 0 N–H and O–H groups in total. The third-order valence-electron chi connectivity index (χ3n) is 3.23. The summed E-state index contributed by atoms with van der Waals surface area (Å²) in [5, 5.41) is 11.8. The molecule has 0 aromatic heterocycles. The molecule has 1 aromatic carbocycles. The lowest BCUT2D eigenvalue weighted by molar-refractivity contribution is -0.303. The molecule has 30 heavy (non-hydrogen) atoms. The zero-order chi connectivity index (χ0) is 23.5. The normalized spacial score (nSPS) is 14.4. The average Bonchev–Trinajstić information content (AvgIpc) is 2.51. The van der Waals surface area contributed by atoms with Crippen LogP contribution in [0.15, 0.2) is 29.2 Å². The van der Waals surface area contributed by atoms with Crippen molar-refractivity contribution in [3.63, 3.8) is 0 Å². The zero-order valence-electron chi connectivity index (χ0n) is 17.8. The van der Waals surface area contributed by atoms with Gasteiger partial charge in [-0.25, -0.2) is 14.7 Å². The minimum Gasteiger partial charge on any atom is -0.428 e. The Kier molecular flexibility index (Phi) is 7.28. The molecule has 0 heterocycles. The second-order valence-electron chi connectivity index (χ2n) is 8.40. The third kappa shape index (κ3) is 6.99. The van der Waals surface area contributed by atoms with E-state index in [0.717, 1.165) is 12.1 Å². The number of aryl methyl sites for hydroxylation is 1. The topological polar surface area (TPSA) is 142 Å². The molecule has 1 atom stereocenters. The van der Waals surface area contributed by atoms with Gasteiger partial charge in [-0.15, -0.1) is 0 Å². The van der Waals surface area contributed by atoms with Crippen LogP contribution in [0.2, 0.25) is 0 Å². The predicted octanol–water partition coefficient (Wildman–Crippen LogP) is 2.85. The quantitative estimate of drug-likeness (QED) is 0.367. The summed E-state index contributed by atoms with van der Waals surface area (Å²) in [7, 11) is -4.89. The van der Waals surface area contributed by atoms with Crippen LogP contribution in [0.25, 0.3) is 0 Å². The molecule has 0 spiro atoms. The highest BCUT2D eigenvalue weighted by molar-refractivity contribution is 7.86. The lowest BCUT2D eigenvalue weighted by Gasteiger charge is -2.29. The SMILES string of the molecule is Cc1ccc(S(=O)(=O)OC(OC(=O)OC(C)(C)C)(OC(=O)C(C)(C)C)C([O])=O)cc1. The Hall–Kier alpha value is -2.66. The van der Waals surface area contributed by atoms with Crippen molar-refractivity contribution >= 4 is 28.2 Å². The van der Waals surface area contributed by atoms with Crippen LogP contribution in [0.4, 0.5) is 4.79 Å². The lowest BCUT2D eigenvalue weighted by atomic mass is 9.97. The largest absolute Gasteiger partial charge is 0.514 e. The van der Waals surface area contributed by atoms with E-state index in [0.29, 0.717) is 5.56 Å². The van der Waals surface area contributed by atoms with Crippen molar-refractivity contribution in [2.24, 2.45) is 5.41 Å². The van der Waals surface area contributed by atoms with Gasteiger partial charge in [0.2, 0.25) is 0 Å². The van der Waals surface area contributed by atoms with E-state index in [1.807, 2.05) is 0 Å². The Morgan fingerprint density at radius 3 is 1.73 bits per heavy atom. The van der Waals surface area contributed by atoms with Gasteiger partial charge in [-0.3, -0.25) is 4.79 Å². The smallest absolute Gasteiger partial charge is 0.428 e. The van der Waals surface area contributed by atoms with E-state index in [4.69, 9.17) is 9.47 Å². The Morgan fingerprint density at radius 2 is 1.33 bits per heavy atom. The molecule has 1 radical (unpaired) electrons. The Balaban J connectivity index is 3.45.